The first-order valence-electron chi connectivity index (χ1n) is 5.87. The van der Waals surface area contributed by atoms with Gasteiger partial charge in [-0.05, 0) is 20.3 Å². The zero-order valence-electron chi connectivity index (χ0n) is 10.2. The van der Waals surface area contributed by atoms with Crippen molar-refractivity contribution in [1.29, 1.82) is 0 Å². The van der Waals surface area contributed by atoms with Gasteiger partial charge in [0, 0.05) is 0 Å². The third-order valence-corrected chi connectivity index (χ3v) is 2.46. The largest absolute Gasteiger partial charge is 0.466 e. The molecular weight excluding hydrogens is 220 g/mol. The molecule has 0 aliphatic heterocycles. The number of ether oxygens (including phenoxy) is 2. The average molecular weight is 238 g/mol. The summed E-state index contributed by atoms with van der Waals surface area (Å²) >= 11 is 0. The third kappa shape index (κ3) is 3.73. The van der Waals surface area contributed by atoms with Gasteiger partial charge in [-0.15, -0.1) is 0 Å². The molecule has 0 aromatic carbocycles. The second-order valence-electron chi connectivity index (χ2n) is 3.65. The van der Waals surface area contributed by atoms with Crippen LogP contribution in [0.5, 0.6) is 0 Å². The van der Waals surface area contributed by atoms with Crippen LogP contribution in [0.4, 0.5) is 0 Å². The van der Waals surface area contributed by atoms with Gasteiger partial charge in [-0.1, -0.05) is 24.3 Å². The van der Waals surface area contributed by atoms with Crippen molar-refractivity contribution >= 4 is 11.9 Å². The molecular formula is C13H18O4. The molecule has 4 heteroatoms. The van der Waals surface area contributed by atoms with E-state index in [0.717, 1.165) is 0 Å². The molecule has 0 aromatic rings. The van der Waals surface area contributed by atoms with Crippen LogP contribution in [0, 0.1) is 11.8 Å². The molecule has 1 aliphatic carbocycles. The van der Waals surface area contributed by atoms with E-state index < -0.39 is 11.8 Å². The van der Waals surface area contributed by atoms with Crippen LogP contribution in [0.1, 0.15) is 20.3 Å². The molecule has 17 heavy (non-hydrogen) atoms. The Bertz CT molecular complexity index is 298. The average Bonchev–Trinajstić information content (AvgIpc) is 2.54. The molecule has 0 aromatic heterocycles. The highest BCUT2D eigenvalue weighted by molar-refractivity contribution is 5.85. The Kier molecular flexibility index (Phi) is 5.46. The van der Waals surface area contributed by atoms with E-state index in [1.54, 1.807) is 26.0 Å². The van der Waals surface area contributed by atoms with Crippen LogP contribution < -0.4 is 0 Å². The molecule has 0 spiro atoms. The predicted molar refractivity (Wildman–Crippen MR) is 63.1 cm³/mol. The highest BCUT2D eigenvalue weighted by atomic mass is 16.5. The van der Waals surface area contributed by atoms with Crippen molar-refractivity contribution < 1.29 is 19.1 Å². The van der Waals surface area contributed by atoms with Gasteiger partial charge >= 0.3 is 11.9 Å². The summed E-state index contributed by atoms with van der Waals surface area (Å²) < 4.78 is 9.93. The van der Waals surface area contributed by atoms with Gasteiger partial charge in [-0.25, -0.2) is 0 Å². The molecule has 2 atom stereocenters. The van der Waals surface area contributed by atoms with Gasteiger partial charge in [0.2, 0.25) is 0 Å². The summed E-state index contributed by atoms with van der Waals surface area (Å²) in [6, 6.07) is 0. The summed E-state index contributed by atoms with van der Waals surface area (Å²) in [4.78, 5) is 23.5. The van der Waals surface area contributed by atoms with Crippen molar-refractivity contribution in [2.45, 2.75) is 20.3 Å². The molecule has 1 rings (SSSR count). The van der Waals surface area contributed by atoms with Crippen LogP contribution in [0.15, 0.2) is 24.3 Å². The Morgan fingerprint density at radius 3 is 1.76 bits per heavy atom. The van der Waals surface area contributed by atoms with Crippen molar-refractivity contribution in [3.8, 4) is 0 Å². The molecule has 0 saturated heterocycles. The van der Waals surface area contributed by atoms with Gasteiger partial charge < -0.3 is 9.47 Å². The van der Waals surface area contributed by atoms with Crippen molar-refractivity contribution in [2.75, 3.05) is 13.2 Å². The first-order chi connectivity index (χ1) is 8.20. The maximum atomic E-state index is 11.8. The minimum absolute atomic E-state index is 0.308. The van der Waals surface area contributed by atoms with Crippen molar-refractivity contribution in [3.63, 3.8) is 0 Å². The van der Waals surface area contributed by atoms with Crippen LogP contribution in [-0.2, 0) is 19.1 Å². The molecule has 0 radical (unpaired) electrons. The molecule has 0 amide bonds. The Labute approximate surface area is 101 Å². The van der Waals surface area contributed by atoms with E-state index >= 15 is 0 Å². The zero-order valence-corrected chi connectivity index (χ0v) is 10.2. The first kappa shape index (κ1) is 13.5. The second kappa shape index (κ2) is 6.89. The minimum atomic E-state index is -0.576. The SMILES string of the molecule is CCOC(=O)[C@H]1C=CCC=C[C@H]1C(=O)OCC. The van der Waals surface area contributed by atoms with Gasteiger partial charge in [0.1, 0.15) is 0 Å². The van der Waals surface area contributed by atoms with E-state index in [2.05, 4.69) is 0 Å². The summed E-state index contributed by atoms with van der Waals surface area (Å²) in [5.41, 5.74) is 0. The van der Waals surface area contributed by atoms with Gasteiger partial charge in [-0.2, -0.15) is 0 Å². The van der Waals surface area contributed by atoms with Crippen LogP contribution in [-0.4, -0.2) is 25.2 Å². The molecule has 0 bridgehead atoms. The molecule has 0 fully saturated rings. The number of rotatable bonds is 4. The summed E-state index contributed by atoms with van der Waals surface area (Å²) in [6.07, 6.45) is 7.87. The lowest BCUT2D eigenvalue weighted by atomic mass is 9.92. The monoisotopic (exact) mass is 238 g/mol. The fourth-order valence-electron chi connectivity index (χ4n) is 1.70. The van der Waals surface area contributed by atoms with E-state index in [-0.39, 0.29) is 11.9 Å². The maximum Gasteiger partial charge on any atom is 0.313 e. The molecule has 1 aliphatic rings. The lowest BCUT2D eigenvalue weighted by molar-refractivity contribution is -0.156. The van der Waals surface area contributed by atoms with E-state index in [1.165, 1.54) is 0 Å². The normalized spacial score (nSPS) is 22.9. The summed E-state index contributed by atoms with van der Waals surface area (Å²) in [5.74, 6) is -1.91. The van der Waals surface area contributed by atoms with Crippen molar-refractivity contribution in [3.05, 3.63) is 24.3 Å². The van der Waals surface area contributed by atoms with Crippen LogP contribution in [0.2, 0.25) is 0 Å². The lowest BCUT2D eigenvalue weighted by Gasteiger charge is -2.18. The fourth-order valence-corrected chi connectivity index (χ4v) is 1.70. The van der Waals surface area contributed by atoms with Gasteiger partial charge in [0.05, 0.1) is 25.0 Å². The Balaban J connectivity index is 2.84. The minimum Gasteiger partial charge on any atom is -0.466 e. The number of hydrogen-bond acceptors (Lipinski definition) is 4. The van der Waals surface area contributed by atoms with E-state index in [1.807, 2.05) is 12.2 Å². The van der Waals surface area contributed by atoms with Crippen LogP contribution in [0.25, 0.3) is 0 Å². The van der Waals surface area contributed by atoms with Gasteiger partial charge in [-0.3, -0.25) is 9.59 Å². The number of carbonyl (C=O) groups excluding carboxylic acids is 2. The standard InChI is InChI=1S/C13H18O4/c1-3-16-12(14)10-8-6-5-7-9-11(10)13(15)17-4-2/h6-11H,3-5H2,1-2H3/t10-,11+. The quantitative estimate of drug-likeness (QED) is 0.554. The number of carbonyl (C=O) groups is 2. The summed E-state index contributed by atoms with van der Waals surface area (Å²) in [6.45, 7) is 4.10. The molecule has 0 heterocycles. The first-order valence-corrected chi connectivity index (χ1v) is 5.87. The van der Waals surface area contributed by atoms with E-state index in [9.17, 15) is 9.59 Å². The summed E-state index contributed by atoms with van der Waals surface area (Å²) in [5, 5.41) is 0. The molecule has 0 unspecified atom stereocenters. The Morgan fingerprint density at radius 1 is 1.00 bits per heavy atom. The van der Waals surface area contributed by atoms with Gasteiger partial charge in [0.15, 0.2) is 0 Å². The Morgan fingerprint density at radius 2 is 1.41 bits per heavy atom. The number of allylic oxidation sites excluding steroid dienone is 2. The van der Waals surface area contributed by atoms with Crippen LogP contribution in [0.3, 0.4) is 0 Å². The molecule has 94 valence electrons. The number of hydrogen-bond donors (Lipinski definition) is 0. The highest BCUT2D eigenvalue weighted by Gasteiger charge is 2.32. The topological polar surface area (TPSA) is 52.6 Å². The third-order valence-electron chi connectivity index (χ3n) is 2.46. The highest BCUT2D eigenvalue weighted by Crippen LogP contribution is 2.22. The van der Waals surface area contributed by atoms with Crippen molar-refractivity contribution in [1.82, 2.24) is 0 Å². The van der Waals surface area contributed by atoms with Gasteiger partial charge in [0.25, 0.3) is 0 Å². The van der Waals surface area contributed by atoms with Crippen molar-refractivity contribution in [2.24, 2.45) is 11.8 Å². The Hall–Kier alpha value is -1.58. The van der Waals surface area contributed by atoms with E-state index in [4.69, 9.17) is 9.47 Å². The number of esters is 2. The maximum absolute atomic E-state index is 11.8. The van der Waals surface area contributed by atoms with Crippen LogP contribution >= 0.6 is 0 Å². The fraction of sp³-hybridized carbons (Fsp3) is 0.538. The predicted octanol–water partition coefficient (Wildman–Crippen LogP) is 1.86. The lowest BCUT2D eigenvalue weighted by Crippen LogP contribution is -2.30. The molecule has 0 N–H and O–H groups in total. The van der Waals surface area contributed by atoms with E-state index in [0.29, 0.717) is 19.6 Å². The summed E-state index contributed by atoms with van der Waals surface area (Å²) in [7, 11) is 0. The molecule has 0 saturated carbocycles. The zero-order chi connectivity index (χ0) is 12.7. The second-order valence-corrected chi connectivity index (χ2v) is 3.65. The molecule has 4 nitrogen and oxygen atoms in total. The smallest absolute Gasteiger partial charge is 0.313 e.